The van der Waals surface area contributed by atoms with E-state index in [9.17, 15) is 0 Å². The maximum absolute atomic E-state index is 6.09. The van der Waals surface area contributed by atoms with Gasteiger partial charge in [-0.15, -0.1) is 0 Å². The van der Waals surface area contributed by atoms with Gasteiger partial charge in [-0.25, -0.2) is 0 Å². The molecule has 2 aromatic carbocycles. The largest absolute Gasteiger partial charge is 0.492 e. The molecule has 0 saturated heterocycles. The standard InChI is InChI=1S/C18H22N2O/c1-14-6-2-4-8-16(14)17(12-19)20-10-11-21-18-9-5-3-7-15(18)13-20/h2-9,17H,10-13,19H2,1H3. The molecular weight excluding hydrogens is 260 g/mol. The number of benzene rings is 2. The third-order valence-electron chi connectivity index (χ3n) is 4.19. The number of para-hydroxylation sites is 1. The molecule has 2 aromatic rings. The van der Waals surface area contributed by atoms with Crippen LogP contribution < -0.4 is 10.5 Å². The van der Waals surface area contributed by atoms with E-state index in [2.05, 4.69) is 48.2 Å². The Labute approximate surface area is 126 Å². The molecule has 21 heavy (non-hydrogen) atoms. The molecule has 1 aliphatic rings. The highest BCUT2D eigenvalue weighted by Gasteiger charge is 2.23. The number of fused-ring (bicyclic) bond motifs is 1. The maximum atomic E-state index is 6.09. The van der Waals surface area contributed by atoms with E-state index in [1.165, 1.54) is 16.7 Å². The highest BCUT2D eigenvalue weighted by Crippen LogP contribution is 2.29. The average Bonchev–Trinajstić information content (AvgIpc) is 2.72. The number of hydrogen-bond donors (Lipinski definition) is 1. The molecule has 0 radical (unpaired) electrons. The summed E-state index contributed by atoms with van der Waals surface area (Å²) in [4.78, 5) is 2.42. The summed E-state index contributed by atoms with van der Waals surface area (Å²) in [7, 11) is 0. The fraction of sp³-hybridized carbons (Fsp3) is 0.333. The quantitative estimate of drug-likeness (QED) is 0.940. The first-order valence-corrected chi connectivity index (χ1v) is 7.50. The lowest BCUT2D eigenvalue weighted by molar-refractivity contribution is 0.172. The zero-order chi connectivity index (χ0) is 14.7. The smallest absolute Gasteiger partial charge is 0.123 e. The monoisotopic (exact) mass is 282 g/mol. The predicted octanol–water partition coefficient (Wildman–Crippen LogP) is 2.89. The summed E-state index contributed by atoms with van der Waals surface area (Å²) in [6.45, 7) is 5.25. The van der Waals surface area contributed by atoms with Gasteiger partial charge in [-0.2, -0.15) is 0 Å². The molecule has 3 nitrogen and oxygen atoms in total. The summed E-state index contributed by atoms with van der Waals surface area (Å²) in [5.41, 5.74) is 9.95. The predicted molar refractivity (Wildman–Crippen MR) is 85.3 cm³/mol. The third kappa shape index (κ3) is 2.94. The Hall–Kier alpha value is -1.84. The Morgan fingerprint density at radius 2 is 1.90 bits per heavy atom. The van der Waals surface area contributed by atoms with Crippen LogP contribution in [0, 0.1) is 6.92 Å². The van der Waals surface area contributed by atoms with Gasteiger partial charge < -0.3 is 10.5 Å². The lowest BCUT2D eigenvalue weighted by Crippen LogP contribution is -2.35. The molecule has 1 atom stereocenters. The van der Waals surface area contributed by atoms with E-state index < -0.39 is 0 Å². The van der Waals surface area contributed by atoms with Crippen LogP contribution in [0.25, 0.3) is 0 Å². The van der Waals surface area contributed by atoms with Crippen LogP contribution in [0.2, 0.25) is 0 Å². The van der Waals surface area contributed by atoms with Gasteiger partial charge in [0.05, 0.1) is 0 Å². The lowest BCUT2D eigenvalue weighted by atomic mass is 9.99. The van der Waals surface area contributed by atoms with Crippen molar-refractivity contribution in [3.63, 3.8) is 0 Å². The summed E-state index contributed by atoms with van der Waals surface area (Å²) in [5, 5.41) is 0. The van der Waals surface area contributed by atoms with Crippen molar-refractivity contribution in [2.24, 2.45) is 5.73 Å². The fourth-order valence-corrected chi connectivity index (χ4v) is 3.05. The van der Waals surface area contributed by atoms with Crippen LogP contribution in [0.15, 0.2) is 48.5 Å². The summed E-state index contributed by atoms with van der Waals surface area (Å²) in [6, 6.07) is 17.0. The van der Waals surface area contributed by atoms with E-state index in [-0.39, 0.29) is 6.04 Å². The Balaban J connectivity index is 1.90. The third-order valence-corrected chi connectivity index (χ3v) is 4.19. The van der Waals surface area contributed by atoms with E-state index in [1.54, 1.807) is 0 Å². The molecular formula is C18H22N2O. The highest BCUT2D eigenvalue weighted by atomic mass is 16.5. The molecule has 1 heterocycles. The van der Waals surface area contributed by atoms with Gasteiger partial charge in [-0.05, 0) is 24.1 Å². The van der Waals surface area contributed by atoms with E-state index >= 15 is 0 Å². The minimum Gasteiger partial charge on any atom is -0.492 e. The number of rotatable bonds is 3. The molecule has 1 aliphatic heterocycles. The van der Waals surface area contributed by atoms with Crippen LogP contribution >= 0.6 is 0 Å². The van der Waals surface area contributed by atoms with Crippen molar-refractivity contribution in [1.82, 2.24) is 4.90 Å². The van der Waals surface area contributed by atoms with Crippen molar-refractivity contribution in [1.29, 1.82) is 0 Å². The SMILES string of the molecule is Cc1ccccc1C(CN)N1CCOc2ccccc2C1. The number of nitrogens with two attached hydrogens (primary N) is 1. The highest BCUT2D eigenvalue weighted by molar-refractivity contribution is 5.35. The number of hydrogen-bond acceptors (Lipinski definition) is 3. The first-order valence-electron chi connectivity index (χ1n) is 7.50. The van der Waals surface area contributed by atoms with Gasteiger partial charge in [0.25, 0.3) is 0 Å². The van der Waals surface area contributed by atoms with Gasteiger partial charge in [0.15, 0.2) is 0 Å². The molecule has 3 heteroatoms. The molecule has 0 bridgehead atoms. The maximum Gasteiger partial charge on any atom is 0.123 e. The summed E-state index contributed by atoms with van der Waals surface area (Å²) < 4.78 is 5.86. The van der Waals surface area contributed by atoms with Gasteiger partial charge in [0.1, 0.15) is 12.4 Å². The second kappa shape index (κ2) is 6.29. The van der Waals surface area contributed by atoms with E-state index in [0.29, 0.717) is 13.2 Å². The topological polar surface area (TPSA) is 38.5 Å². The van der Waals surface area contributed by atoms with Crippen molar-refractivity contribution in [3.8, 4) is 5.75 Å². The Morgan fingerprint density at radius 3 is 2.71 bits per heavy atom. The van der Waals surface area contributed by atoms with Crippen molar-refractivity contribution in [3.05, 3.63) is 65.2 Å². The van der Waals surface area contributed by atoms with Gasteiger partial charge in [-0.1, -0.05) is 42.5 Å². The van der Waals surface area contributed by atoms with E-state index in [0.717, 1.165) is 18.8 Å². The van der Waals surface area contributed by atoms with Crippen molar-refractivity contribution in [2.45, 2.75) is 19.5 Å². The van der Waals surface area contributed by atoms with Gasteiger partial charge in [0, 0.05) is 31.2 Å². The van der Waals surface area contributed by atoms with E-state index in [4.69, 9.17) is 10.5 Å². The first-order chi connectivity index (χ1) is 10.3. The average molecular weight is 282 g/mol. The normalized spacial score (nSPS) is 16.7. The molecule has 0 saturated carbocycles. The molecule has 0 aromatic heterocycles. The van der Waals surface area contributed by atoms with Gasteiger partial charge in [0.2, 0.25) is 0 Å². The first kappa shape index (κ1) is 14.1. The lowest BCUT2D eigenvalue weighted by Gasteiger charge is -2.30. The molecule has 0 amide bonds. The van der Waals surface area contributed by atoms with Crippen LogP contribution in [0.5, 0.6) is 5.75 Å². The van der Waals surface area contributed by atoms with Crippen LogP contribution in [0.4, 0.5) is 0 Å². The van der Waals surface area contributed by atoms with E-state index in [1.807, 2.05) is 12.1 Å². The van der Waals surface area contributed by atoms with Crippen LogP contribution in [-0.4, -0.2) is 24.6 Å². The molecule has 3 rings (SSSR count). The Bertz CT molecular complexity index is 612. The number of nitrogens with zero attached hydrogens (tertiary/aromatic N) is 1. The molecule has 0 spiro atoms. The number of ether oxygens (including phenoxy) is 1. The van der Waals surface area contributed by atoms with Crippen molar-refractivity contribution in [2.75, 3.05) is 19.7 Å². The van der Waals surface area contributed by atoms with Crippen LogP contribution in [0.3, 0.4) is 0 Å². The Kier molecular flexibility index (Phi) is 4.23. The summed E-state index contributed by atoms with van der Waals surface area (Å²) >= 11 is 0. The summed E-state index contributed by atoms with van der Waals surface area (Å²) in [6.07, 6.45) is 0. The van der Waals surface area contributed by atoms with Gasteiger partial charge in [-0.3, -0.25) is 4.90 Å². The van der Waals surface area contributed by atoms with Crippen molar-refractivity contribution >= 4 is 0 Å². The van der Waals surface area contributed by atoms with Crippen molar-refractivity contribution < 1.29 is 4.74 Å². The molecule has 110 valence electrons. The zero-order valence-electron chi connectivity index (χ0n) is 12.5. The zero-order valence-corrected chi connectivity index (χ0v) is 12.5. The fourth-order valence-electron chi connectivity index (χ4n) is 3.05. The minimum absolute atomic E-state index is 0.237. The van der Waals surface area contributed by atoms with Crippen LogP contribution in [0.1, 0.15) is 22.7 Å². The van der Waals surface area contributed by atoms with Gasteiger partial charge >= 0.3 is 0 Å². The summed E-state index contributed by atoms with van der Waals surface area (Å²) in [5.74, 6) is 1.00. The molecule has 1 unspecified atom stereocenters. The minimum atomic E-state index is 0.237. The number of aryl methyl sites for hydroxylation is 1. The Morgan fingerprint density at radius 1 is 1.14 bits per heavy atom. The second-order valence-corrected chi connectivity index (χ2v) is 5.53. The van der Waals surface area contributed by atoms with Crippen LogP contribution in [-0.2, 0) is 6.54 Å². The molecule has 0 aliphatic carbocycles. The second-order valence-electron chi connectivity index (χ2n) is 5.53. The molecule has 2 N–H and O–H groups in total. The molecule has 0 fully saturated rings.